The molecule has 1 fully saturated rings. The molecule has 0 amide bonds. The number of carbonyl (C=O) groups excluding carboxylic acids is 2. The quantitative estimate of drug-likeness (QED) is 0.648. The smallest absolute Gasteiger partial charge is 0.347 e. The number of hydrogen-bond acceptors (Lipinski definition) is 6. The Morgan fingerprint density at radius 1 is 1.11 bits per heavy atom. The lowest BCUT2D eigenvalue weighted by molar-refractivity contribution is -0.145. The van der Waals surface area contributed by atoms with Gasteiger partial charge in [-0.1, -0.05) is 24.3 Å². The zero-order valence-corrected chi connectivity index (χ0v) is 15.1. The Hall–Kier alpha value is -3.61. The third kappa shape index (κ3) is 3.11. The summed E-state index contributed by atoms with van der Waals surface area (Å²) in [6.07, 6.45) is 0.823. The first-order valence-electron chi connectivity index (χ1n) is 8.75. The second-order valence-corrected chi connectivity index (χ2v) is 6.32. The molecule has 0 bridgehead atoms. The molecule has 0 saturated carbocycles. The van der Waals surface area contributed by atoms with E-state index in [2.05, 4.69) is 0 Å². The minimum absolute atomic E-state index is 0.192. The van der Waals surface area contributed by atoms with Crippen LogP contribution in [-0.4, -0.2) is 36.3 Å². The van der Waals surface area contributed by atoms with Gasteiger partial charge in [-0.2, -0.15) is 0 Å². The van der Waals surface area contributed by atoms with Crippen LogP contribution in [0.2, 0.25) is 0 Å². The molecule has 0 unspecified atom stereocenters. The maximum atomic E-state index is 13.0. The number of ether oxygens (including phenoxy) is 3. The molecule has 142 valence electrons. The number of cyclic esters (lactones) is 1. The summed E-state index contributed by atoms with van der Waals surface area (Å²) in [5.74, 6) is -0.661. The molecule has 7 heteroatoms. The highest BCUT2D eigenvalue weighted by molar-refractivity contribution is 6.04. The number of carbonyl (C=O) groups is 2. The zero-order valence-electron chi connectivity index (χ0n) is 15.1. The van der Waals surface area contributed by atoms with E-state index in [4.69, 9.17) is 14.2 Å². The predicted molar refractivity (Wildman–Crippen MR) is 101 cm³/mol. The molecule has 0 spiro atoms. The minimum atomic E-state index is -0.927. The molecular formula is C21H17NO6. The molecule has 1 atom stereocenters. The monoisotopic (exact) mass is 379 g/mol. The van der Waals surface area contributed by atoms with Crippen LogP contribution < -0.4 is 10.3 Å². The van der Waals surface area contributed by atoms with E-state index >= 15 is 0 Å². The van der Waals surface area contributed by atoms with Crippen LogP contribution in [0, 0.1) is 0 Å². The topological polar surface area (TPSA) is 83.8 Å². The standard InChI is InChI=1S/C21H17NO6/c1-26-14-6-4-5-13(11-14)22-12-17(15-7-2-3-8-16(15)19(22)23)20(24)28-18-9-10-27-21(18)25/h2-8,11-12,18H,9-10H2,1H3/t18-/m0/s1. The Morgan fingerprint density at radius 3 is 2.61 bits per heavy atom. The number of fused-ring (bicyclic) bond motifs is 1. The highest BCUT2D eigenvalue weighted by Crippen LogP contribution is 2.22. The third-order valence-electron chi connectivity index (χ3n) is 4.61. The van der Waals surface area contributed by atoms with Gasteiger partial charge >= 0.3 is 11.9 Å². The van der Waals surface area contributed by atoms with Crippen molar-refractivity contribution in [2.75, 3.05) is 13.7 Å². The fourth-order valence-electron chi connectivity index (χ4n) is 3.18. The third-order valence-corrected chi connectivity index (χ3v) is 4.61. The lowest BCUT2D eigenvalue weighted by Gasteiger charge is -2.14. The lowest BCUT2D eigenvalue weighted by Crippen LogP contribution is -2.25. The average Bonchev–Trinajstić information content (AvgIpc) is 3.13. The Kier molecular flexibility index (Phi) is 4.57. The molecule has 0 aliphatic carbocycles. The SMILES string of the molecule is COc1cccc(-n2cc(C(=O)O[C@H]3CCOC3=O)c3ccccc3c2=O)c1. The van der Waals surface area contributed by atoms with Crippen molar-refractivity contribution in [1.29, 1.82) is 0 Å². The minimum Gasteiger partial charge on any atom is -0.497 e. The van der Waals surface area contributed by atoms with Gasteiger partial charge in [-0.15, -0.1) is 0 Å². The number of aromatic nitrogens is 1. The summed E-state index contributed by atoms with van der Waals surface area (Å²) < 4.78 is 16.8. The fourth-order valence-corrected chi connectivity index (χ4v) is 3.18. The van der Waals surface area contributed by atoms with Gasteiger partial charge in [-0.25, -0.2) is 9.59 Å². The molecule has 1 aromatic heterocycles. The van der Waals surface area contributed by atoms with Crippen LogP contribution in [0.4, 0.5) is 0 Å². The van der Waals surface area contributed by atoms with Crippen LogP contribution in [0.1, 0.15) is 16.8 Å². The van der Waals surface area contributed by atoms with E-state index < -0.39 is 18.0 Å². The summed E-state index contributed by atoms with van der Waals surface area (Å²) in [6, 6.07) is 13.7. The van der Waals surface area contributed by atoms with E-state index in [-0.39, 0.29) is 17.7 Å². The van der Waals surface area contributed by atoms with Gasteiger partial charge in [0.2, 0.25) is 6.10 Å². The molecular weight excluding hydrogens is 362 g/mol. The molecule has 0 radical (unpaired) electrons. The molecule has 3 aromatic rings. The number of esters is 2. The molecule has 2 heterocycles. The van der Waals surface area contributed by atoms with Gasteiger partial charge in [0, 0.05) is 29.5 Å². The predicted octanol–water partition coefficient (Wildman–Crippen LogP) is 2.47. The largest absolute Gasteiger partial charge is 0.497 e. The van der Waals surface area contributed by atoms with Gasteiger partial charge in [0.15, 0.2) is 0 Å². The summed E-state index contributed by atoms with van der Waals surface area (Å²) in [4.78, 5) is 37.5. The number of benzene rings is 2. The van der Waals surface area contributed by atoms with Crippen LogP contribution in [0.25, 0.3) is 16.5 Å². The van der Waals surface area contributed by atoms with Crippen molar-refractivity contribution in [1.82, 2.24) is 4.57 Å². The van der Waals surface area contributed by atoms with Crippen molar-refractivity contribution in [3.05, 3.63) is 70.6 Å². The summed E-state index contributed by atoms with van der Waals surface area (Å²) >= 11 is 0. The van der Waals surface area contributed by atoms with Gasteiger partial charge in [-0.3, -0.25) is 9.36 Å². The number of pyridine rings is 1. The second-order valence-electron chi connectivity index (χ2n) is 6.32. The Labute approximate surface area is 160 Å². The van der Waals surface area contributed by atoms with Crippen molar-refractivity contribution in [2.45, 2.75) is 12.5 Å². The summed E-state index contributed by atoms with van der Waals surface area (Å²) in [7, 11) is 1.53. The van der Waals surface area contributed by atoms with Crippen LogP contribution in [0.15, 0.2) is 59.5 Å². The second kappa shape index (κ2) is 7.19. The highest BCUT2D eigenvalue weighted by atomic mass is 16.6. The molecule has 0 N–H and O–H groups in total. The molecule has 1 aliphatic rings. The number of hydrogen-bond donors (Lipinski definition) is 0. The average molecular weight is 379 g/mol. The van der Waals surface area contributed by atoms with Gasteiger partial charge in [0.05, 0.1) is 25.0 Å². The lowest BCUT2D eigenvalue weighted by atomic mass is 10.1. The van der Waals surface area contributed by atoms with Crippen LogP contribution in [0.5, 0.6) is 5.75 Å². The summed E-state index contributed by atoms with van der Waals surface area (Å²) in [5, 5.41) is 0.830. The molecule has 4 rings (SSSR count). The normalized spacial score (nSPS) is 16.0. The number of rotatable bonds is 4. The maximum absolute atomic E-state index is 13.0. The van der Waals surface area contributed by atoms with Crippen molar-refractivity contribution in [3.63, 3.8) is 0 Å². The molecule has 1 saturated heterocycles. The molecule has 1 aliphatic heterocycles. The van der Waals surface area contributed by atoms with Crippen LogP contribution >= 0.6 is 0 Å². The fraction of sp³-hybridized carbons (Fsp3) is 0.190. The van der Waals surface area contributed by atoms with Crippen molar-refractivity contribution >= 4 is 22.7 Å². The summed E-state index contributed by atoms with van der Waals surface area (Å²) in [6.45, 7) is 0.223. The van der Waals surface area contributed by atoms with E-state index in [0.29, 0.717) is 28.6 Å². The van der Waals surface area contributed by atoms with Gasteiger partial charge in [0.1, 0.15) is 5.75 Å². The number of methoxy groups -OCH3 is 1. The van der Waals surface area contributed by atoms with Crippen molar-refractivity contribution in [2.24, 2.45) is 0 Å². The van der Waals surface area contributed by atoms with E-state index in [0.717, 1.165) is 0 Å². The highest BCUT2D eigenvalue weighted by Gasteiger charge is 2.31. The molecule has 28 heavy (non-hydrogen) atoms. The van der Waals surface area contributed by atoms with Crippen LogP contribution in [0.3, 0.4) is 0 Å². The van der Waals surface area contributed by atoms with Crippen molar-refractivity contribution < 1.29 is 23.8 Å². The maximum Gasteiger partial charge on any atom is 0.347 e. The van der Waals surface area contributed by atoms with E-state index in [9.17, 15) is 14.4 Å². The van der Waals surface area contributed by atoms with Gasteiger partial charge in [0.25, 0.3) is 5.56 Å². The first kappa shape index (κ1) is 17.8. The first-order chi connectivity index (χ1) is 13.6. The van der Waals surface area contributed by atoms with E-state index in [1.54, 1.807) is 48.5 Å². The van der Waals surface area contributed by atoms with E-state index in [1.165, 1.54) is 17.9 Å². The zero-order chi connectivity index (χ0) is 19.7. The summed E-state index contributed by atoms with van der Waals surface area (Å²) in [5.41, 5.74) is 0.461. The Bertz CT molecular complexity index is 1130. The van der Waals surface area contributed by atoms with Crippen LogP contribution in [-0.2, 0) is 14.3 Å². The van der Waals surface area contributed by atoms with Crippen molar-refractivity contribution in [3.8, 4) is 11.4 Å². The molecule has 7 nitrogen and oxygen atoms in total. The van der Waals surface area contributed by atoms with Gasteiger partial charge in [-0.05, 0) is 18.2 Å². The van der Waals surface area contributed by atoms with Gasteiger partial charge < -0.3 is 14.2 Å². The molecule has 2 aromatic carbocycles. The Balaban J connectivity index is 1.85. The Morgan fingerprint density at radius 2 is 1.89 bits per heavy atom. The first-order valence-corrected chi connectivity index (χ1v) is 8.75. The van der Waals surface area contributed by atoms with E-state index in [1.807, 2.05) is 0 Å². The number of nitrogens with zero attached hydrogens (tertiary/aromatic N) is 1.